The monoisotopic (exact) mass is 341 g/mol. The number of carbonyl (C=O) groups excluding carboxylic acids is 2. The summed E-state index contributed by atoms with van der Waals surface area (Å²) in [7, 11) is 0. The Balaban J connectivity index is 1.74. The average molecular weight is 341 g/mol. The molecule has 0 aromatic carbocycles. The fourth-order valence-corrected chi connectivity index (χ4v) is 5.63. The topological polar surface area (TPSA) is 104 Å². The molecule has 1 aliphatic carbocycles. The van der Waals surface area contributed by atoms with Crippen LogP contribution < -0.4 is 5.84 Å². The average Bonchev–Trinajstić information content (AvgIpc) is 2.75. The zero-order valence-electron chi connectivity index (χ0n) is 13.4. The minimum Gasteiger partial charge on any atom is -0.480 e. The summed E-state index contributed by atoms with van der Waals surface area (Å²) >= 11 is 1.41. The van der Waals surface area contributed by atoms with Crippen molar-refractivity contribution in [3.8, 4) is 0 Å². The number of fused-ring (bicyclic) bond motifs is 1. The van der Waals surface area contributed by atoms with Gasteiger partial charge in [-0.1, -0.05) is 19.3 Å². The zero-order valence-corrected chi connectivity index (χ0v) is 14.2. The first-order valence-electron chi connectivity index (χ1n) is 8.06. The van der Waals surface area contributed by atoms with Crippen LogP contribution in [0.1, 0.15) is 46.0 Å². The molecule has 2 heterocycles. The fraction of sp³-hybridized carbons (Fsp3) is 0.800. The summed E-state index contributed by atoms with van der Waals surface area (Å²) in [6.45, 7) is 3.62. The summed E-state index contributed by atoms with van der Waals surface area (Å²) in [5.74, 6) is 4.33. The van der Waals surface area contributed by atoms with E-state index in [1.807, 2.05) is 13.8 Å². The van der Waals surface area contributed by atoms with Crippen LogP contribution in [0, 0.1) is 5.92 Å². The van der Waals surface area contributed by atoms with Crippen LogP contribution in [0.2, 0.25) is 0 Å². The highest BCUT2D eigenvalue weighted by Crippen LogP contribution is 2.51. The van der Waals surface area contributed by atoms with Crippen molar-refractivity contribution >= 4 is 29.5 Å². The Labute approximate surface area is 139 Å². The van der Waals surface area contributed by atoms with Crippen molar-refractivity contribution in [3.05, 3.63) is 0 Å². The predicted octanol–water partition coefficient (Wildman–Crippen LogP) is 0.785. The van der Waals surface area contributed by atoms with Gasteiger partial charge < -0.3 is 10.0 Å². The van der Waals surface area contributed by atoms with Gasteiger partial charge in [-0.25, -0.2) is 10.6 Å². The van der Waals surface area contributed by atoms with E-state index >= 15 is 0 Å². The molecule has 0 bridgehead atoms. The number of aliphatic carboxylic acids is 1. The highest BCUT2D eigenvalue weighted by Gasteiger charge is 2.65. The van der Waals surface area contributed by atoms with Crippen molar-refractivity contribution in [1.29, 1.82) is 0 Å². The van der Waals surface area contributed by atoms with Crippen molar-refractivity contribution in [3.63, 3.8) is 0 Å². The van der Waals surface area contributed by atoms with E-state index in [0.717, 1.165) is 37.1 Å². The van der Waals surface area contributed by atoms with E-state index in [0.29, 0.717) is 0 Å². The van der Waals surface area contributed by atoms with Gasteiger partial charge in [0.1, 0.15) is 11.4 Å². The molecule has 2 saturated heterocycles. The van der Waals surface area contributed by atoms with Gasteiger partial charge in [0, 0.05) is 10.7 Å². The number of hydrogen-bond donors (Lipinski definition) is 2. The molecule has 1 unspecified atom stereocenters. The molecule has 8 heteroatoms. The molecular weight excluding hydrogens is 318 g/mol. The summed E-state index contributed by atoms with van der Waals surface area (Å²) < 4.78 is -0.602. The number of carboxylic acids is 1. The summed E-state index contributed by atoms with van der Waals surface area (Å²) in [4.78, 5) is 37.9. The van der Waals surface area contributed by atoms with Crippen molar-refractivity contribution in [2.45, 2.75) is 68.2 Å². The third-order valence-electron chi connectivity index (χ3n) is 5.16. The number of hydrogen-bond acceptors (Lipinski definition) is 5. The highest BCUT2D eigenvalue weighted by molar-refractivity contribution is 8.01. The second-order valence-electron chi connectivity index (χ2n) is 7.12. The van der Waals surface area contributed by atoms with Gasteiger partial charge in [0.2, 0.25) is 5.91 Å². The number of thioether (sulfide) groups is 1. The number of nitrogens with two attached hydrogens (primary N) is 1. The molecule has 3 atom stereocenters. The maximum atomic E-state index is 12.5. The lowest BCUT2D eigenvalue weighted by molar-refractivity contribution is -0.169. The van der Waals surface area contributed by atoms with Crippen LogP contribution in [0.5, 0.6) is 0 Å². The standard InChI is InChI=1S/C15H23N3O4S/c1-15(2)10(14(21)22)17-12(20)9(13(17)23-15)18(16)11(19)8-6-4-3-5-7-8/h8-10,13H,3-7,16H2,1-2H3,(H,21,22)/t9?,10-,13+/m0/s1. The maximum absolute atomic E-state index is 12.5. The van der Waals surface area contributed by atoms with E-state index in [1.165, 1.54) is 16.7 Å². The molecule has 0 radical (unpaired) electrons. The Morgan fingerprint density at radius 1 is 1.30 bits per heavy atom. The minimum atomic E-state index is -1.01. The van der Waals surface area contributed by atoms with Gasteiger partial charge >= 0.3 is 5.97 Å². The molecule has 3 rings (SSSR count). The fourth-order valence-electron chi connectivity index (χ4n) is 3.95. The summed E-state index contributed by atoms with van der Waals surface area (Å²) in [6.07, 6.45) is 4.80. The van der Waals surface area contributed by atoms with Crippen LogP contribution in [-0.2, 0) is 14.4 Å². The number of β-lactam (4-membered cyclic amide) rings is 1. The molecule has 3 aliphatic rings. The summed E-state index contributed by atoms with van der Waals surface area (Å²) in [5, 5.41) is 10.1. The van der Waals surface area contributed by atoms with Gasteiger partial charge in [0.15, 0.2) is 6.04 Å². The lowest BCUT2D eigenvalue weighted by Crippen LogP contribution is -2.73. The highest BCUT2D eigenvalue weighted by atomic mass is 32.2. The van der Waals surface area contributed by atoms with Crippen LogP contribution >= 0.6 is 11.8 Å². The van der Waals surface area contributed by atoms with Crippen LogP contribution in [-0.4, -0.2) is 55.0 Å². The molecule has 2 aliphatic heterocycles. The van der Waals surface area contributed by atoms with Gasteiger partial charge in [-0.3, -0.25) is 14.6 Å². The first-order valence-corrected chi connectivity index (χ1v) is 8.94. The third kappa shape index (κ3) is 2.52. The SMILES string of the molecule is CC1(C)S[C@@H]2C(N(N)C(=O)C3CCCCC3)C(=O)N2[C@H]1C(=O)O. The minimum absolute atomic E-state index is 0.106. The molecule has 0 aromatic heterocycles. The second-order valence-corrected chi connectivity index (χ2v) is 8.89. The molecule has 0 spiro atoms. The Bertz CT molecular complexity index is 547. The van der Waals surface area contributed by atoms with Gasteiger partial charge in [0.25, 0.3) is 5.91 Å². The molecule has 3 fully saturated rings. The number of carboxylic acid groups (broad SMARTS) is 1. The third-order valence-corrected chi connectivity index (χ3v) is 6.71. The van der Waals surface area contributed by atoms with Gasteiger partial charge in [0.05, 0.1) is 0 Å². The van der Waals surface area contributed by atoms with E-state index < -0.39 is 22.8 Å². The first kappa shape index (κ1) is 16.6. The molecule has 1 saturated carbocycles. The maximum Gasteiger partial charge on any atom is 0.327 e. The Morgan fingerprint density at radius 2 is 1.91 bits per heavy atom. The molecule has 128 valence electrons. The quantitative estimate of drug-likeness (QED) is 0.340. The van der Waals surface area contributed by atoms with Crippen molar-refractivity contribution in [2.75, 3.05) is 0 Å². The molecular formula is C15H23N3O4S. The molecule has 23 heavy (non-hydrogen) atoms. The number of carbonyl (C=O) groups is 3. The van der Waals surface area contributed by atoms with Crippen LogP contribution in [0.15, 0.2) is 0 Å². The Hall–Kier alpha value is -1.28. The van der Waals surface area contributed by atoms with Crippen molar-refractivity contribution in [1.82, 2.24) is 9.91 Å². The predicted molar refractivity (Wildman–Crippen MR) is 85.1 cm³/mol. The summed E-state index contributed by atoms with van der Waals surface area (Å²) in [5.41, 5.74) is 0. The van der Waals surface area contributed by atoms with Gasteiger partial charge in [-0.2, -0.15) is 0 Å². The van der Waals surface area contributed by atoms with E-state index in [9.17, 15) is 19.5 Å². The smallest absolute Gasteiger partial charge is 0.327 e. The van der Waals surface area contributed by atoms with Crippen LogP contribution in [0.25, 0.3) is 0 Å². The lowest BCUT2D eigenvalue weighted by atomic mass is 9.87. The zero-order chi connectivity index (χ0) is 16.9. The van der Waals surface area contributed by atoms with Gasteiger partial charge in [-0.15, -0.1) is 11.8 Å². The number of nitrogens with zero attached hydrogens (tertiary/aromatic N) is 2. The molecule has 0 aromatic rings. The van der Waals surface area contributed by atoms with Crippen molar-refractivity contribution < 1.29 is 19.5 Å². The molecule has 7 nitrogen and oxygen atoms in total. The van der Waals surface area contributed by atoms with Crippen LogP contribution in [0.3, 0.4) is 0 Å². The number of hydrazine groups is 1. The lowest BCUT2D eigenvalue weighted by Gasteiger charge is -2.47. The second kappa shape index (κ2) is 5.66. The summed E-state index contributed by atoms with van der Waals surface area (Å²) in [6, 6.07) is -1.61. The first-order chi connectivity index (χ1) is 10.8. The molecule has 3 N–H and O–H groups in total. The van der Waals surface area contributed by atoms with E-state index in [4.69, 9.17) is 5.84 Å². The van der Waals surface area contributed by atoms with E-state index in [2.05, 4.69) is 0 Å². The largest absolute Gasteiger partial charge is 0.480 e. The van der Waals surface area contributed by atoms with Gasteiger partial charge in [-0.05, 0) is 26.7 Å². The Morgan fingerprint density at radius 3 is 2.48 bits per heavy atom. The van der Waals surface area contributed by atoms with E-state index in [-0.39, 0.29) is 23.1 Å². The molecule has 2 amide bonds. The Kier molecular flexibility index (Phi) is 4.08. The normalized spacial score (nSPS) is 33.1. The number of amides is 2. The van der Waals surface area contributed by atoms with E-state index in [1.54, 1.807) is 0 Å². The van der Waals surface area contributed by atoms with Crippen molar-refractivity contribution in [2.24, 2.45) is 11.8 Å². The van der Waals surface area contributed by atoms with Crippen LogP contribution in [0.4, 0.5) is 0 Å². The number of rotatable bonds is 3.